The molecule has 0 radical (unpaired) electrons. The van der Waals surface area contributed by atoms with E-state index in [0.717, 1.165) is 62.7 Å². The summed E-state index contributed by atoms with van der Waals surface area (Å²) in [5, 5.41) is 2.25. The van der Waals surface area contributed by atoms with Gasteiger partial charge < -0.3 is 15.5 Å². The number of anilines is 1. The van der Waals surface area contributed by atoms with Crippen molar-refractivity contribution < 1.29 is 19.2 Å². The minimum Gasteiger partial charge on any atom is -0.368 e. The van der Waals surface area contributed by atoms with Gasteiger partial charge in [0.05, 0.1) is 16.8 Å². The van der Waals surface area contributed by atoms with Crippen LogP contribution in [0.5, 0.6) is 0 Å². The van der Waals surface area contributed by atoms with E-state index in [4.69, 9.17) is 5.73 Å². The number of carbonyl (C=O) groups excluding carboxylic acids is 4. The van der Waals surface area contributed by atoms with Crippen LogP contribution in [-0.2, 0) is 9.59 Å². The number of amides is 4. The number of nitrogens with two attached hydrogens (primary N) is 1. The predicted molar refractivity (Wildman–Crippen MR) is 135 cm³/mol. The number of nitrogens with one attached hydrogen (secondary N) is 1. The first-order chi connectivity index (χ1) is 17.3. The lowest BCUT2D eigenvalue weighted by Gasteiger charge is -2.39. The molecule has 1 atom stereocenters. The van der Waals surface area contributed by atoms with Crippen molar-refractivity contribution >= 4 is 29.3 Å². The molecule has 1 aromatic carbocycles. The standard InChI is InChI=1S/C26H36N6O4/c1-29(18-7-5-17(27)6-8-18)11-12-30-13-15-31(16-14-30)20-4-2-3-19-23(20)26(36)32(25(19)35)21-9-10-22(33)28-24(21)34/h2-4,17-18,21H,5-16,27H2,1H3,(H,28,33,34). The van der Waals surface area contributed by atoms with E-state index in [-0.39, 0.29) is 18.7 Å². The van der Waals surface area contributed by atoms with Gasteiger partial charge in [-0.15, -0.1) is 0 Å². The van der Waals surface area contributed by atoms with Crippen LogP contribution in [-0.4, -0.2) is 103 Å². The summed E-state index contributed by atoms with van der Waals surface area (Å²) in [4.78, 5) is 58.6. The summed E-state index contributed by atoms with van der Waals surface area (Å²) < 4.78 is 0. The molecule has 1 aliphatic carbocycles. The number of fused-ring (bicyclic) bond motifs is 1. The Hall–Kier alpha value is -2.82. The third-order valence-corrected chi connectivity index (χ3v) is 8.29. The van der Waals surface area contributed by atoms with Gasteiger partial charge in [-0.1, -0.05) is 6.07 Å². The summed E-state index contributed by atoms with van der Waals surface area (Å²) in [5.41, 5.74) is 7.50. The molecule has 4 aliphatic rings. The van der Waals surface area contributed by atoms with Crippen LogP contribution in [0.15, 0.2) is 18.2 Å². The van der Waals surface area contributed by atoms with Crippen molar-refractivity contribution in [1.82, 2.24) is 20.0 Å². The number of likely N-dealkylation sites (N-methyl/N-ethyl adjacent to an activating group) is 1. The number of hydrogen-bond donors (Lipinski definition) is 2. The van der Waals surface area contributed by atoms with Crippen LogP contribution in [0, 0.1) is 0 Å². The van der Waals surface area contributed by atoms with Crippen molar-refractivity contribution in [1.29, 1.82) is 0 Å². The highest BCUT2D eigenvalue weighted by atomic mass is 16.2. The molecule has 3 N–H and O–H groups in total. The van der Waals surface area contributed by atoms with E-state index in [9.17, 15) is 19.2 Å². The molecule has 0 aromatic heterocycles. The average Bonchev–Trinajstić information content (AvgIpc) is 3.13. The molecule has 3 fully saturated rings. The van der Waals surface area contributed by atoms with E-state index >= 15 is 0 Å². The third kappa shape index (κ3) is 4.77. The number of benzene rings is 1. The molecule has 1 unspecified atom stereocenters. The second-order valence-electron chi connectivity index (χ2n) is 10.5. The normalized spacial score (nSPS) is 27.6. The number of nitrogens with zero attached hydrogens (tertiary/aromatic N) is 4. The van der Waals surface area contributed by atoms with Crippen molar-refractivity contribution in [3.8, 4) is 0 Å². The highest BCUT2D eigenvalue weighted by molar-refractivity contribution is 6.25. The monoisotopic (exact) mass is 496 g/mol. The lowest BCUT2D eigenvalue weighted by atomic mass is 9.91. The first-order valence-electron chi connectivity index (χ1n) is 13.1. The number of carbonyl (C=O) groups is 4. The van der Waals surface area contributed by atoms with Gasteiger partial charge in [-0.05, 0) is 51.3 Å². The van der Waals surface area contributed by atoms with Crippen molar-refractivity contribution in [3.05, 3.63) is 29.3 Å². The summed E-state index contributed by atoms with van der Waals surface area (Å²) in [5.74, 6) is -1.87. The second-order valence-corrected chi connectivity index (χ2v) is 10.5. The van der Waals surface area contributed by atoms with Gasteiger partial charge in [0.1, 0.15) is 6.04 Å². The number of hydrogen-bond acceptors (Lipinski definition) is 8. The maximum absolute atomic E-state index is 13.4. The molecule has 1 saturated carbocycles. The van der Waals surface area contributed by atoms with Crippen molar-refractivity contribution in [2.75, 3.05) is 51.2 Å². The first kappa shape index (κ1) is 24.9. The molecular weight excluding hydrogens is 460 g/mol. The molecule has 2 saturated heterocycles. The quantitative estimate of drug-likeness (QED) is 0.544. The lowest BCUT2D eigenvalue weighted by molar-refractivity contribution is -0.136. The Balaban J connectivity index is 1.20. The average molecular weight is 497 g/mol. The van der Waals surface area contributed by atoms with Gasteiger partial charge in [0.25, 0.3) is 11.8 Å². The van der Waals surface area contributed by atoms with Gasteiger partial charge in [-0.25, -0.2) is 0 Å². The Bertz CT molecular complexity index is 1040. The van der Waals surface area contributed by atoms with Gasteiger partial charge in [0.2, 0.25) is 11.8 Å². The van der Waals surface area contributed by atoms with Gasteiger partial charge in [0, 0.05) is 57.8 Å². The zero-order chi connectivity index (χ0) is 25.4. The molecule has 194 valence electrons. The highest BCUT2D eigenvalue weighted by Gasteiger charge is 2.46. The van der Waals surface area contributed by atoms with Gasteiger partial charge in [-0.2, -0.15) is 0 Å². The number of piperazine rings is 1. The minimum absolute atomic E-state index is 0.113. The van der Waals surface area contributed by atoms with Crippen LogP contribution in [0.2, 0.25) is 0 Å². The Labute approximate surface area is 211 Å². The molecule has 10 nitrogen and oxygen atoms in total. The van der Waals surface area contributed by atoms with Crippen LogP contribution in [0.1, 0.15) is 59.2 Å². The smallest absolute Gasteiger partial charge is 0.264 e. The van der Waals surface area contributed by atoms with Gasteiger partial charge in [-0.3, -0.25) is 34.3 Å². The summed E-state index contributed by atoms with van der Waals surface area (Å²) >= 11 is 0. The Morgan fingerprint density at radius 3 is 2.39 bits per heavy atom. The third-order valence-electron chi connectivity index (χ3n) is 8.29. The fourth-order valence-corrected chi connectivity index (χ4v) is 6.00. The number of imide groups is 2. The van der Waals surface area contributed by atoms with Crippen LogP contribution < -0.4 is 16.0 Å². The zero-order valence-corrected chi connectivity index (χ0v) is 20.9. The summed E-state index contributed by atoms with van der Waals surface area (Å²) in [6.45, 7) is 5.31. The maximum Gasteiger partial charge on any atom is 0.264 e. The van der Waals surface area contributed by atoms with Crippen molar-refractivity contribution in [3.63, 3.8) is 0 Å². The van der Waals surface area contributed by atoms with Crippen molar-refractivity contribution in [2.24, 2.45) is 5.73 Å². The molecular formula is C26H36N6O4. The van der Waals surface area contributed by atoms with E-state index in [1.54, 1.807) is 12.1 Å². The fourth-order valence-electron chi connectivity index (χ4n) is 6.00. The predicted octanol–water partition coefficient (Wildman–Crippen LogP) is 0.412. The molecule has 3 heterocycles. The molecule has 0 spiro atoms. The molecule has 5 rings (SSSR count). The summed E-state index contributed by atoms with van der Waals surface area (Å²) in [6, 6.07) is 5.36. The number of piperidine rings is 1. The van der Waals surface area contributed by atoms with Crippen LogP contribution >= 0.6 is 0 Å². The maximum atomic E-state index is 13.4. The zero-order valence-electron chi connectivity index (χ0n) is 20.9. The largest absolute Gasteiger partial charge is 0.368 e. The van der Waals surface area contributed by atoms with E-state index in [1.165, 1.54) is 12.8 Å². The summed E-state index contributed by atoms with van der Waals surface area (Å²) in [6.07, 6.45) is 4.84. The highest BCUT2D eigenvalue weighted by Crippen LogP contribution is 2.34. The molecule has 0 bridgehead atoms. The lowest BCUT2D eigenvalue weighted by Crippen LogP contribution is -2.54. The Morgan fingerprint density at radius 1 is 0.972 bits per heavy atom. The molecule has 36 heavy (non-hydrogen) atoms. The van der Waals surface area contributed by atoms with Crippen LogP contribution in [0.4, 0.5) is 5.69 Å². The molecule has 4 amide bonds. The van der Waals surface area contributed by atoms with Crippen LogP contribution in [0.3, 0.4) is 0 Å². The van der Waals surface area contributed by atoms with Crippen LogP contribution in [0.25, 0.3) is 0 Å². The van der Waals surface area contributed by atoms with E-state index < -0.39 is 23.8 Å². The van der Waals surface area contributed by atoms with E-state index in [1.807, 2.05) is 6.07 Å². The number of rotatable bonds is 6. The summed E-state index contributed by atoms with van der Waals surface area (Å²) in [7, 11) is 2.21. The Kier molecular flexibility index (Phi) is 7.09. The molecule has 10 heteroatoms. The van der Waals surface area contributed by atoms with E-state index in [0.29, 0.717) is 23.2 Å². The topological polar surface area (TPSA) is 119 Å². The SMILES string of the molecule is CN(CCN1CCN(c2cccc3c2C(=O)N(C2CCC(=O)NC2=O)C3=O)CC1)C1CCC(N)CC1. The van der Waals surface area contributed by atoms with Crippen molar-refractivity contribution in [2.45, 2.75) is 56.7 Å². The second kappa shape index (κ2) is 10.3. The molecule has 3 aliphatic heterocycles. The first-order valence-corrected chi connectivity index (χ1v) is 13.1. The van der Waals surface area contributed by atoms with E-state index in [2.05, 4.69) is 27.1 Å². The van der Waals surface area contributed by atoms with Gasteiger partial charge in [0.15, 0.2) is 0 Å². The minimum atomic E-state index is -0.948. The Morgan fingerprint density at radius 2 is 1.69 bits per heavy atom. The molecule has 1 aromatic rings. The van der Waals surface area contributed by atoms with Gasteiger partial charge >= 0.3 is 0 Å². The fraction of sp³-hybridized carbons (Fsp3) is 0.615.